The zero-order chi connectivity index (χ0) is 25.8. The van der Waals surface area contributed by atoms with E-state index in [-0.39, 0.29) is 6.29 Å². The summed E-state index contributed by atoms with van der Waals surface area (Å²) >= 11 is 0. The topological polar surface area (TPSA) is 18.5 Å². The van der Waals surface area contributed by atoms with E-state index in [1.165, 1.54) is 32.6 Å². The second-order valence-electron chi connectivity index (χ2n) is 9.91. The minimum absolute atomic E-state index is 0.115. The highest BCUT2D eigenvalue weighted by Crippen LogP contribution is 2.58. The van der Waals surface area contributed by atoms with Crippen LogP contribution < -0.4 is 15.9 Å². The Morgan fingerprint density at radius 1 is 0.583 bits per heavy atom. The molecule has 0 unspecified atom stereocenters. The van der Waals surface area contributed by atoms with Crippen molar-refractivity contribution >= 4 is 23.2 Å². The van der Waals surface area contributed by atoms with Crippen LogP contribution in [0, 0.1) is 20.8 Å². The zero-order valence-electron chi connectivity index (χ0n) is 23.1. The van der Waals surface area contributed by atoms with Crippen molar-refractivity contribution in [3.05, 3.63) is 89.5 Å². The number of benzene rings is 3. The highest BCUT2D eigenvalue weighted by molar-refractivity contribution is 7.96. The first-order valence-electron chi connectivity index (χ1n) is 13.8. The molecule has 0 saturated heterocycles. The molecule has 0 fully saturated rings. The second-order valence-corrected chi connectivity index (χ2v) is 13.4. The lowest BCUT2D eigenvalue weighted by Crippen LogP contribution is -2.37. The summed E-state index contributed by atoms with van der Waals surface area (Å²) in [6.07, 6.45) is 7.44. The van der Waals surface area contributed by atoms with E-state index in [2.05, 4.69) is 107 Å². The van der Waals surface area contributed by atoms with Crippen LogP contribution in [0.5, 0.6) is 0 Å². The van der Waals surface area contributed by atoms with Crippen LogP contribution in [0.3, 0.4) is 0 Å². The Bertz CT molecular complexity index is 940. The normalized spacial score (nSPS) is 11.8. The lowest BCUT2D eigenvalue weighted by atomic mass is 10.2. The molecule has 0 radical (unpaired) electrons. The predicted molar refractivity (Wildman–Crippen MR) is 159 cm³/mol. The molecular weight excluding hydrogens is 459 g/mol. The standard InChI is InChI=1S/C33H46O2P/c1-6-8-24-34-33(35-25-9-7-2)23-16-26-36(30-20-13-10-17-27(30)3,31-21-14-11-18-28(31)4)32-22-15-12-19-29(32)5/h10-15,17-22,33H,6-9,16,23-26H2,1-5H3/q+1. The Morgan fingerprint density at radius 2 is 0.972 bits per heavy atom. The van der Waals surface area contributed by atoms with E-state index in [9.17, 15) is 0 Å². The number of aryl methyl sites for hydroxylation is 3. The van der Waals surface area contributed by atoms with Crippen molar-refractivity contribution in [3.8, 4) is 0 Å². The van der Waals surface area contributed by atoms with E-state index >= 15 is 0 Å². The summed E-state index contributed by atoms with van der Waals surface area (Å²) in [5, 5.41) is 4.51. The Balaban J connectivity index is 2.03. The third kappa shape index (κ3) is 7.06. The fourth-order valence-corrected chi connectivity index (χ4v) is 10.4. The number of hydrogen-bond donors (Lipinski definition) is 0. The van der Waals surface area contributed by atoms with Gasteiger partial charge in [-0.15, -0.1) is 0 Å². The molecule has 0 bridgehead atoms. The van der Waals surface area contributed by atoms with Gasteiger partial charge < -0.3 is 9.47 Å². The molecule has 0 saturated carbocycles. The van der Waals surface area contributed by atoms with Crippen LogP contribution in [0.4, 0.5) is 0 Å². The molecule has 0 spiro atoms. The molecule has 0 aliphatic carbocycles. The van der Waals surface area contributed by atoms with Crippen molar-refractivity contribution in [1.82, 2.24) is 0 Å². The molecular formula is C33H46O2P+. The van der Waals surface area contributed by atoms with Crippen LogP contribution in [-0.4, -0.2) is 25.7 Å². The van der Waals surface area contributed by atoms with Gasteiger partial charge in [-0.1, -0.05) is 81.3 Å². The average molecular weight is 506 g/mol. The summed E-state index contributed by atoms with van der Waals surface area (Å²) < 4.78 is 12.4. The van der Waals surface area contributed by atoms with Gasteiger partial charge in [0.05, 0.1) is 6.16 Å². The molecule has 194 valence electrons. The van der Waals surface area contributed by atoms with Gasteiger partial charge in [-0.2, -0.15) is 0 Å². The van der Waals surface area contributed by atoms with E-state index in [1.54, 1.807) is 0 Å². The fourth-order valence-electron chi connectivity index (χ4n) is 5.15. The third-order valence-corrected chi connectivity index (χ3v) is 12.1. The Labute approximate surface area is 220 Å². The molecule has 3 heteroatoms. The highest BCUT2D eigenvalue weighted by Gasteiger charge is 2.47. The zero-order valence-corrected chi connectivity index (χ0v) is 24.0. The molecule has 0 atom stereocenters. The summed E-state index contributed by atoms with van der Waals surface area (Å²) in [5.41, 5.74) is 4.15. The van der Waals surface area contributed by atoms with E-state index in [0.717, 1.165) is 57.9 Å². The van der Waals surface area contributed by atoms with Crippen LogP contribution in [0.2, 0.25) is 0 Å². The first-order valence-corrected chi connectivity index (χ1v) is 15.8. The molecule has 3 aromatic carbocycles. The summed E-state index contributed by atoms with van der Waals surface area (Å²) in [6, 6.07) is 27.2. The van der Waals surface area contributed by atoms with Crippen molar-refractivity contribution in [2.24, 2.45) is 0 Å². The van der Waals surface area contributed by atoms with Crippen LogP contribution in [0.15, 0.2) is 72.8 Å². The van der Waals surface area contributed by atoms with Gasteiger partial charge in [-0.3, -0.25) is 0 Å². The Morgan fingerprint density at radius 3 is 1.33 bits per heavy atom. The maximum absolute atomic E-state index is 6.22. The van der Waals surface area contributed by atoms with Gasteiger partial charge in [-0.05, 0) is 74.9 Å². The van der Waals surface area contributed by atoms with Gasteiger partial charge in [0, 0.05) is 19.6 Å². The van der Waals surface area contributed by atoms with Crippen molar-refractivity contribution < 1.29 is 9.47 Å². The molecule has 3 rings (SSSR count). The predicted octanol–water partition coefficient (Wildman–Crippen LogP) is 7.65. The lowest BCUT2D eigenvalue weighted by Gasteiger charge is -2.31. The van der Waals surface area contributed by atoms with Gasteiger partial charge in [0.2, 0.25) is 0 Å². The summed E-state index contributed by atoms with van der Waals surface area (Å²) in [7, 11) is -1.90. The van der Waals surface area contributed by atoms with E-state index in [0.29, 0.717) is 0 Å². The van der Waals surface area contributed by atoms with E-state index in [1.807, 2.05) is 0 Å². The minimum atomic E-state index is -1.90. The maximum Gasteiger partial charge on any atom is 0.157 e. The van der Waals surface area contributed by atoms with Gasteiger partial charge in [0.1, 0.15) is 23.2 Å². The van der Waals surface area contributed by atoms with Crippen LogP contribution in [0.1, 0.15) is 69.1 Å². The summed E-state index contributed by atoms with van der Waals surface area (Å²) in [5.74, 6) is 0. The molecule has 0 N–H and O–H groups in total. The highest BCUT2D eigenvalue weighted by atomic mass is 31.2. The summed E-state index contributed by atoms with van der Waals surface area (Å²) in [4.78, 5) is 0. The van der Waals surface area contributed by atoms with Crippen molar-refractivity contribution in [1.29, 1.82) is 0 Å². The van der Waals surface area contributed by atoms with Crippen molar-refractivity contribution in [3.63, 3.8) is 0 Å². The van der Waals surface area contributed by atoms with Crippen molar-refractivity contribution in [2.45, 2.75) is 79.4 Å². The number of rotatable bonds is 15. The van der Waals surface area contributed by atoms with Gasteiger partial charge in [0.15, 0.2) is 6.29 Å². The van der Waals surface area contributed by atoms with Crippen molar-refractivity contribution in [2.75, 3.05) is 19.4 Å². The number of hydrogen-bond acceptors (Lipinski definition) is 2. The molecule has 2 nitrogen and oxygen atoms in total. The van der Waals surface area contributed by atoms with Crippen LogP contribution >= 0.6 is 7.26 Å². The molecule has 0 aromatic heterocycles. The molecule has 3 aromatic rings. The van der Waals surface area contributed by atoms with E-state index in [4.69, 9.17) is 9.47 Å². The molecule has 36 heavy (non-hydrogen) atoms. The minimum Gasteiger partial charge on any atom is -0.353 e. The largest absolute Gasteiger partial charge is 0.353 e. The van der Waals surface area contributed by atoms with Crippen LogP contribution in [-0.2, 0) is 9.47 Å². The fraction of sp³-hybridized carbons (Fsp3) is 0.455. The molecule has 0 aliphatic rings. The van der Waals surface area contributed by atoms with E-state index < -0.39 is 7.26 Å². The number of ether oxygens (including phenoxy) is 2. The Hall–Kier alpha value is -1.99. The first-order chi connectivity index (χ1) is 17.5. The molecule has 0 heterocycles. The van der Waals surface area contributed by atoms with Crippen LogP contribution in [0.25, 0.3) is 0 Å². The first kappa shape index (κ1) is 28.6. The second kappa shape index (κ2) is 14.7. The molecule has 0 aliphatic heterocycles. The SMILES string of the molecule is CCCCOC(CCC[P+](c1ccccc1C)(c1ccccc1C)c1ccccc1C)OCCCC. The summed E-state index contributed by atoms with van der Waals surface area (Å²) in [6.45, 7) is 12.8. The lowest BCUT2D eigenvalue weighted by molar-refractivity contribution is -0.147. The van der Waals surface area contributed by atoms with Gasteiger partial charge >= 0.3 is 0 Å². The quantitative estimate of drug-likeness (QED) is 0.120. The Kier molecular flexibility index (Phi) is 11.6. The molecule has 0 amide bonds. The number of unbranched alkanes of at least 4 members (excludes halogenated alkanes) is 2. The smallest absolute Gasteiger partial charge is 0.157 e. The average Bonchev–Trinajstić information content (AvgIpc) is 2.88. The monoisotopic (exact) mass is 505 g/mol. The third-order valence-electron chi connectivity index (χ3n) is 7.12. The van der Waals surface area contributed by atoms with Gasteiger partial charge in [-0.25, -0.2) is 0 Å². The van der Waals surface area contributed by atoms with Gasteiger partial charge in [0.25, 0.3) is 0 Å². The maximum atomic E-state index is 6.22.